The molecule has 158 valence electrons. The number of piperidine rings is 2. The van der Waals surface area contributed by atoms with Gasteiger partial charge in [0.25, 0.3) is 0 Å². The van der Waals surface area contributed by atoms with E-state index in [4.69, 9.17) is 20.5 Å². The fourth-order valence-electron chi connectivity index (χ4n) is 6.12. The van der Waals surface area contributed by atoms with Crippen LogP contribution in [0.3, 0.4) is 0 Å². The molecule has 0 N–H and O–H groups in total. The highest BCUT2D eigenvalue weighted by Gasteiger charge is 2.74. The number of carbonyl (C=O) groups is 1. The van der Waals surface area contributed by atoms with Gasteiger partial charge in [0.15, 0.2) is 0 Å². The maximum Gasteiger partial charge on any atom is 0.222 e. The molecule has 7 heteroatoms. The lowest BCUT2D eigenvalue weighted by Gasteiger charge is -2.38. The molecular formula is C24H27BN4OS. The molecule has 3 fully saturated rings. The van der Waals surface area contributed by atoms with E-state index in [1.54, 1.807) is 6.20 Å². The molecule has 3 heterocycles. The first-order chi connectivity index (χ1) is 14.8. The van der Waals surface area contributed by atoms with Crippen LogP contribution in [0.25, 0.3) is 10.9 Å². The largest absolute Gasteiger partial charge is 0.342 e. The van der Waals surface area contributed by atoms with Gasteiger partial charge in [-0.3, -0.25) is 9.78 Å². The van der Waals surface area contributed by atoms with Gasteiger partial charge < -0.3 is 9.80 Å². The molecule has 2 aliphatic heterocycles. The topological polar surface area (TPSA) is 60.2 Å². The summed E-state index contributed by atoms with van der Waals surface area (Å²) in [5, 5.41) is 9.96. The summed E-state index contributed by atoms with van der Waals surface area (Å²) in [5.41, 5.74) is 2.50. The van der Waals surface area contributed by atoms with Crippen molar-refractivity contribution in [3.63, 3.8) is 0 Å². The van der Waals surface area contributed by atoms with E-state index in [2.05, 4.69) is 29.9 Å². The van der Waals surface area contributed by atoms with Gasteiger partial charge in [-0.1, -0.05) is 19.1 Å². The molecule has 1 saturated carbocycles. The first-order valence-electron chi connectivity index (χ1n) is 11.0. The van der Waals surface area contributed by atoms with Gasteiger partial charge >= 0.3 is 0 Å². The van der Waals surface area contributed by atoms with Crippen molar-refractivity contribution < 1.29 is 4.79 Å². The maximum atomic E-state index is 13.3. The van der Waals surface area contributed by atoms with Crippen molar-refractivity contribution in [1.82, 2.24) is 14.8 Å². The molecule has 2 radical (unpaired) electrons. The van der Waals surface area contributed by atoms with Crippen LogP contribution in [-0.4, -0.2) is 66.5 Å². The minimum atomic E-state index is -0.499. The maximum absolute atomic E-state index is 13.3. The molecule has 1 aliphatic carbocycles. The third kappa shape index (κ3) is 3.18. The molecule has 2 saturated heterocycles. The van der Waals surface area contributed by atoms with Gasteiger partial charge in [-0.2, -0.15) is 17.9 Å². The first-order valence-corrected chi connectivity index (χ1v) is 11.5. The van der Waals surface area contributed by atoms with Gasteiger partial charge in [-0.05, 0) is 48.3 Å². The summed E-state index contributed by atoms with van der Waals surface area (Å²) in [4.78, 5) is 22.0. The van der Waals surface area contributed by atoms with E-state index >= 15 is 0 Å². The second-order valence-corrected chi connectivity index (χ2v) is 10.7. The average molecular weight is 430 g/mol. The average Bonchev–Trinajstić information content (AvgIpc) is 3.00. The Morgan fingerprint density at radius 2 is 2.16 bits per heavy atom. The van der Waals surface area contributed by atoms with Crippen LogP contribution >= 0.6 is 12.6 Å². The minimum Gasteiger partial charge on any atom is -0.342 e. The third-order valence-electron chi connectivity index (χ3n) is 7.75. The van der Waals surface area contributed by atoms with Crippen LogP contribution < -0.4 is 0 Å². The van der Waals surface area contributed by atoms with E-state index in [1.165, 1.54) is 5.56 Å². The zero-order valence-electron chi connectivity index (χ0n) is 18.1. The van der Waals surface area contributed by atoms with E-state index < -0.39 is 5.31 Å². The van der Waals surface area contributed by atoms with Crippen molar-refractivity contribution in [3.8, 4) is 6.07 Å². The van der Waals surface area contributed by atoms with Gasteiger partial charge in [0, 0.05) is 54.8 Å². The number of nitriles is 1. The van der Waals surface area contributed by atoms with Gasteiger partial charge in [0.2, 0.25) is 5.91 Å². The minimum absolute atomic E-state index is 0.139. The van der Waals surface area contributed by atoms with Gasteiger partial charge in [0.1, 0.15) is 6.07 Å². The van der Waals surface area contributed by atoms with Crippen molar-refractivity contribution in [2.45, 2.75) is 35.7 Å². The van der Waals surface area contributed by atoms with Crippen LogP contribution in [0.5, 0.6) is 0 Å². The number of hydrogen-bond donors (Lipinski definition) is 1. The lowest BCUT2D eigenvalue weighted by Crippen LogP contribution is -2.43. The van der Waals surface area contributed by atoms with Crippen molar-refractivity contribution >= 4 is 37.3 Å². The molecule has 1 aromatic carbocycles. The van der Waals surface area contributed by atoms with Crippen molar-refractivity contribution in [3.05, 3.63) is 41.6 Å². The lowest BCUT2D eigenvalue weighted by molar-refractivity contribution is -0.133. The summed E-state index contributed by atoms with van der Waals surface area (Å²) in [6.45, 7) is 5.40. The standard InChI is InChI=1S/C24H27BN4OS/c1-15-8-17(18-6-5-16(10-26)22-19(18)4-3-7-27-22)12-29(11-15)21(30)9-23(25)20-13-28(2)14-24(20,23)31/h3-7,15,17,20,31H,8-9,11-14H2,1-2H3/t15?,17-,20?,23?,24+/m1/s1. The Morgan fingerprint density at radius 1 is 1.35 bits per heavy atom. The Balaban J connectivity index is 1.38. The predicted octanol–water partition coefficient (Wildman–Crippen LogP) is 3.02. The molecule has 0 spiro atoms. The molecule has 2 aromatic rings. The quantitative estimate of drug-likeness (QED) is 0.601. The predicted molar refractivity (Wildman–Crippen MR) is 125 cm³/mol. The Bertz CT molecular complexity index is 1100. The van der Waals surface area contributed by atoms with Crippen molar-refractivity contribution in [2.75, 3.05) is 33.2 Å². The molecule has 3 unspecified atom stereocenters. The highest BCUT2D eigenvalue weighted by Crippen LogP contribution is 2.75. The number of benzene rings is 1. The molecule has 5 atom stereocenters. The smallest absolute Gasteiger partial charge is 0.222 e. The van der Waals surface area contributed by atoms with Gasteiger partial charge in [-0.25, -0.2) is 0 Å². The number of fused-ring (bicyclic) bond motifs is 2. The summed E-state index contributed by atoms with van der Waals surface area (Å²) in [5.74, 6) is 1.04. The number of nitrogens with zero attached hydrogens (tertiary/aromatic N) is 4. The highest BCUT2D eigenvalue weighted by molar-refractivity contribution is 7.82. The SMILES string of the molecule is [B]C1(CC(=O)N2CC(C)C[C@@H](c3ccc(C#N)c4ncccc34)C2)C2CN(C)C[C@]21S. The Kier molecular flexibility index (Phi) is 4.87. The van der Waals surface area contributed by atoms with E-state index in [0.29, 0.717) is 24.4 Å². The fraction of sp³-hybridized carbons (Fsp3) is 0.542. The molecule has 1 amide bonds. The Labute approximate surface area is 190 Å². The third-order valence-corrected chi connectivity index (χ3v) is 8.62. The van der Waals surface area contributed by atoms with Crippen LogP contribution in [0.15, 0.2) is 30.5 Å². The number of carbonyl (C=O) groups excluding carboxylic acids is 1. The van der Waals surface area contributed by atoms with Crippen LogP contribution in [0.1, 0.15) is 36.8 Å². The molecule has 31 heavy (non-hydrogen) atoms. The monoisotopic (exact) mass is 430 g/mol. The first kappa shape index (κ1) is 20.8. The van der Waals surface area contributed by atoms with Gasteiger partial charge in [-0.15, -0.1) is 0 Å². The molecule has 1 aromatic heterocycles. The van der Waals surface area contributed by atoms with Crippen LogP contribution in [0.4, 0.5) is 0 Å². The second kappa shape index (κ2) is 7.25. The number of thiol groups is 1. The summed E-state index contributed by atoms with van der Waals surface area (Å²) >= 11 is 4.88. The number of pyridine rings is 1. The fourth-order valence-corrected chi connectivity index (χ4v) is 6.84. The molecule has 5 nitrogen and oxygen atoms in total. The number of aromatic nitrogens is 1. The molecule has 3 aliphatic rings. The van der Waals surface area contributed by atoms with Crippen molar-refractivity contribution in [2.24, 2.45) is 11.8 Å². The molecule has 5 rings (SSSR count). The van der Waals surface area contributed by atoms with Crippen LogP contribution in [0.2, 0.25) is 5.31 Å². The van der Waals surface area contributed by atoms with Gasteiger partial charge in [0.05, 0.1) is 18.9 Å². The number of rotatable bonds is 3. The number of likely N-dealkylation sites (tertiary alicyclic amines) is 2. The summed E-state index contributed by atoms with van der Waals surface area (Å²) < 4.78 is -0.243. The number of amides is 1. The summed E-state index contributed by atoms with van der Waals surface area (Å²) in [7, 11) is 8.78. The Hall–Kier alpha value is -2.04. The zero-order chi connectivity index (χ0) is 22.0. The molecular weight excluding hydrogens is 403 g/mol. The highest BCUT2D eigenvalue weighted by atomic mass is 32.1. The van der Waals surface area contributed by atoms with E-state index in [9.17, 15) is 10.1 Å². The second-order valence-electron chi connectivity index (χ2n) is 9.94. The van der Waals surface area contributed by atoms with Crippen LogP contribution in [0, 0.1) is 23.2 Å². The lowest BCUT2D eigenvalue weighted by atomic mass is 9.74. The van der Waals surface area contributed by atoms with Crippen molar-refractivity contribution in [1.29, 1.82) is 5.26 Å². The summed E-state index contributed by atoms with van der Waals surface area (Å²) in [6, 6.07) is 10.1. The zero-order valence-corrected chi connectivity index (χ0v) is 19.0. The number of hydrogen-bond acceptors (Lipinski definition) is 5. The summed E-state index contributed by atoms with van der Waals surface area (Å²) in [6.07, 6.45) is 3.10. The van der Waals surface area contributed by atoms with Crippen LogP contribution in [-0.2, 0) is 4.79 Å². The Morgan fingerprint density at radius 3 is 2.87 bits per heavy atom. The van der Waals surface area contributed by atoms with E-state index in [-0.39, 0.29) is 22.5 Å². The van der Waals surface area contributed by atoms with E-state index in [1.807, 2.05) is 29.2 Å². The normalized spacial score (nSPS) is 35.0. The molecule has 0 bridgehead atoms. The van der Waals surface area contributed by atoms with E-state index in [0.717, 1.165) is 37.0 Å².